The largest absolute Gasteiger partial charge is 0.466 e. The Morgan fingerprint density at radius 1 is 1.24 bits per heavy atom. The molecule has 3 aliphatic rings. The third kappa shape index (κ3) is 4.64. The van der Waals surface area contributed by atoms with Crippen molar-refractivity contribution in [2.75, 3.05) is 49.2 Å². The standard InChI is InChI=1S/C28H38BrN3O6/c1-5-14-31(19-12-10-18(11-13-19)30(6-2)7-3)26(35)24-28-17-20(29)23(38-28)21(27(36)37-8-4)22(28)25(34)32(24)15-9-16-33/h5,10-13,20-24,33H,1,6-9,14-17H2,2-4H3/t20?,21-,22+,23-,24-,28+/m1/s1. The van der Waals surface area contributed by atoms with Gasteiger partial charge in [-0.2, -0.15) is 0 Å². The zero-order valence-electron chi connectivity index (χ0n) is 22.3. The van der Waals surface area contributed by atoms with Crippen molar-refractivity contribution in [2.24, 2.45) is 11.8 Å². The number of nitrogens with zero attached hydrogens (tertiary/aromatic N) is 3. The number of ether oxygens (including phenoxy) is 2. The lowest BCUT2D eigenvalue weighted by atomic mass is 9.70. The van der Waals surface area contributed by atoms with E-state index < -0.39 is 35.6 Å². The van der Waals surface area contributed by atoms with Crippen LogP contribution in [0.2, 0.25) is 0 Å². The average Bonchev–Trinajstić information content (AvgIpc) is 3.50. The van der Waals surface area contributed by atoms with Gasteiger partial charge in [0.05, 0.1) is 24.5 Å². The lowest BCUT2D eigenvalue weighted by Gasteiger charge is -2.37. The summed E-state index contributed by atoms with van der Waals surface area (Å²) >= 11 is 3.66. The number of aliphatic hydroxyl groups is 1. The summed E-state index contributed by atoms with van der Waals surface area (Å²) in [5.41, 5.74) is 0.576. The van der Waals surface area contributed by atoms with Crippen LogP contribution in [0.15, 0.2) is 36.9 Å². The first-order chi connectivity index (χ1) is 18.3. The molecule has 38 heavy (non-hydrogen) atoms. The lowest BCUT2D eigenvalue weighted by Crippen LogP contribution is -2.57. The summed E-state index contributed by atoms with van der Waals surface area (Å²) in [6, 6.07) is 6.83. The zero-order chi connectivity index (χ0) is 27.6. The molecule has 3 saturated heterocycles. The molecule has 1 aromatic carbocycles. The summed E-state index contributed by atoms with van der Waals surface area (Å²) in [6.07, 6.45) is 1.82. The van der Waals surface area contributed by atoms with Gasteiger partial charge in [0, 0.05) is 49.0 Å². The number of alkyl halides is 1. The summed E-state index contributed by atoms with van der Waals surface area (Å²) in [4.78, 5) is 46.4. The number of aliphatic hydroxyl groups excluding tert-OH is 1. The third-order valence-electron chi connectivity index (χ3n) is 8.01. The summed E-state index contributed by atoms with van der Waals surface area (Å²) in [6.45, 7) is 12.0. The molecule has 1 spiro atoms. The molecule has 0 radical (unpaired) electrons. The number of likely N-dealkylation sites (tertiary alicyclic amines) is 1. The van der Waals surface area contributed by atoms with Gasteiger partial charge in [-0.05, 0) is 57.9 Å². The Morgan fingerprint density at radius 3 is 2.47 bits per heavy atom. The lowest BCUT2D eigenvalue weighted by molar-refractivity contribution is -0.154. The number of esters is 1. The minimum absolute atomic E-state index is 0.128. The van der Waals surface area contributed by atoms with Crippen LogP contribution in [0.4, 0.5) is 11.4 Å². The SMILES string of the molecule is C=CCN(C(=O)[C@H]1N(CCCO)C(=O)[C@@H]2[C@@H](C(=O)OCC)[C@@H]3O[C@@]21CC3Br)c1ccc(N(CC)CC)cc1. The quantitative estimate of drug-likeness (QED) is 0.227. The molecule has 3 fully saturated rings. The van der Waals surface area contributed by atoms with E-state index in [-0.39, 0.29) is 42.9 Å². The molecule has 0 saturated carbocycles. The van der Waals surface area contributed by atoms with Crippen molar-refractivity contribution in [1.29, 1.82) is 0 Å². The number of benzene rings is 1. The number of hydrogen-bond donors (Lipinski definition) is 1. The second kappa shape index (κ2) is 11.8. The Balaban J connectivity index is 1.74. The summed E-state index contributed by atoms with van der Waals surface area (Å²) in [5, 5.41) is 9.54. The number of anilines is 2. The van der Waals surface area contributed by atoms with Crippen LogP contribution < -0.4 is 9.80 Å². The van der Waals surface area contributed by atoms with E-state index in [9.17, 15) is 19.5 Å². The second-order valence-electron chi connectivity index (χ2n) is 9.95. The van der Waals surface area contributed by atoms with Crippen molar-refractivity contribution in [3.8, 4) is 0 Å². The second-order valence-corrected chi connectivity index (χ2v) is 11.1. The average molecular weight is 593 g/mol. The summed E-state index contributed by atoms with van der Waals surface area (Å²) in [7, 11) is 0. The maximum Gasteiger partial charge on any atom is 0.312 e. The van der Waals surface area contributed by atoms with Crippen molar-refractivity contribution < 1.29 is 29.0 Å². The Morgan fingerprint density at radius 2 is 1.89 bits per heavy atom. The molecule has 3 aliphatic heterocycles. The summed E-state index contributed by atoms with van der Waals surface area (Å²) in [5.74, 6) is -2.68. The van der Waals surface area contributed by atoms with E-state index in [4.69, 9.17) is 9.47 Å². The van der Waals surface area contributed by atoms with Gasteiger partial charge in [0.25, 0.3) is 5.91 Å². The van der Waals surface area contributed by atoms with Gasteiger partial charge in [-0.25, -0.2) is 0 Å². The number of carbonyl (C=O) groups is 3. The highest BCUT2D eigenvalue weighted by Crippen LogP contribution is 2.60. The van der Waals surface area contributed by atoms with Crippen molar-refractivity contribution in [2.45, 2.75) is 56.2 Å². The van der Waals surface area contributed by atoms with Crippen molar-refractivity contribution in [1.82, 2.24) is 4.90 Å². The van der Waals surface area contributed by atoms with Crippen LogP contribution in [0.3, 0.4) is 0 Å². The molecule has 1 unspecified atom stereocenters. The van der Waals surface area contributed by atoms with Gasteiger partial charge in [0.2, 0.25) is 5.91 Å². The highest BCUT2D eigenvalue weighted by atomic mass is 79.9. The molecule has 2 amide bonds. The van der Waals surface area contributed by atoms with E-state index in [1.54, 1.807) is 17.9 Å². The Hall–Kier alpha value is -2.43. The fourth-order valence-corrected chi connectivity index (χ4v) is 7.37. The molecular formula is C28H38BrN3O6. The van der Waals surface area contributed by atoms with Gasteiger partial charge in [0.1, 0.15) is 11.6 Å². The normalized spacial score (nSPS) is 29.3. The predicted molar refractivity (Wildman–Crippen MR) is 148 cm³/mol. The maximum atomic E-state index is 14.4. The number of halogens is 1. The van der Waals surface area contributed by atoms with Gasteiger partial charge in [0.15, 0.2) is 0 Å². The number of fused-ring (bicyclic) bond motifs is 1. The van der Waals surface area contributed by atoms with E-state index in [0.717, 1.165) is 18.8 Å². The van der Waals surface area contributed by atoms with E-state index in [1.807, 2.05) is 24.3 Å². The topological polar surface area (TPSA) is 99.6 Å². The van der Waals surface area contributed by atoms with Crippen molar-refractivity contribution >= 4 is 45.1 Å². The van der Waals surface area contributed by atoms with Gasteiger partial charge in [-0.3, -0.25) is 14.4 Å². The van der Waals surface area contributed by atoms with Crippen LogP contribution in [-0.2, 0) is 23.9 Å². The number of amides is 2. The molecule has 4 rings (SSSR count). The molecule has 2 bridgehead atoms. The molecule has 9 nitrogen and oxygen atoms in total. The minimum Gasteiger partial charge on any atom is -0.466 e. The maximum absolute atomic E-state index is 14.4. The molecule has 10 heteroatoms. The predicted octanol–water partition coefficient (Wildman–Crippen LogP) is 2.75. The molecule has 3 heterocycles. The van der Waals surface area contributed by atoms with Gasteiger partial charge in [-0.1, -0.05) is 22.0 Å². The molecule has 208 valence electrons. The van der Waals surface area contributed by atoms with Gasteiger partial charge >= 0.3 is 5.97 Å². The van der Waals surface area contributed by atoms with Crippen molar-refractivity contribution in [3.63, 3.8) is 0 Å². The fourth-order valence-electron chi connectivity index (χ4n) is 6.43. The van der Waals surface area contributed by atoms with Crippen molar-refractivity contribution in [3.05, 3.63) is 36.9 Å². The fraction of sp³-hybridized carbons (Fsp3) is 0.607. The highest BCUT2D eigenvalue weighted by molar-refractivity contribution is 9.09. The van der Waals surface area contributed by atoms with Crippen LogP contribution in [0, 0.1) is 11.8 Å². The van der Waals surface area contributed by atoms with Crippen LogP contribution in [0.25, 0.3) is 0 Å². The number of carbonyl (C=O) groups excluding carboxylic acids is 3. The molecule has 6 atom stereocenters. The van der Waals surface area contributed by atoms with Gasteiger partial charge < -0.3 is 29.3 Å². The third-order valence-corrected chi connectivity index (χ3v) is 8.85. The molecule has 0 aliphatic carbocycles. The molecule has 1 aromatic rings. The van der Waals surface area contributed by atoms with Crippen LogP contribution >= 0.6 is 15.9 Å². The Bertz CT molecular complexity index is 1050. The van der Waals surface area contributed by atoms with Crippen LogP contribution in [0.5, 0.6) is 0 Å². The number of rotatable bonds is 12. The van der Waals surface area contributed by atoms with E-state index >= 15 is 0 Å². The minimum atomic E-state index is -1.17. The zero-order valence-corrected chi connectivity index (χ0v) is 23.9. The highest BCUT2D eigenvalue weighted by Gasteiger charge is 2.77. The van der Waals surface area contributed by atoms with Crippen LogP contribution in [0.1, 0.15) is 33.6 Å². The summed E-state index contributed by atoms with van der Waals surface area (Å²) < 4.78 is 11.8. The first-order valence-corrected chi connectivity index (χ1v) is 14.4. The molecular weight excluding hydrogens is 554 g/mol. The van der Waals surface area contributed by atoms with Crippen LogP contribution in [-0.4, -0.2) is 89.8 Å². The van der Waals surface area contributed by atoms with E-state index in [2.05, 4.69) is 41.3 Å². The Kier molecular flexibility index (Phi) is 8.84. The first kappa shape index (κ1) is 28.6. The van der Waals surface area contributed by atoms with E-state index in [0.29, 0.717) is 18.5 Å². The van der Waals surface area contributed by atoms with E-state index in [1.165, 1.54) is 4.90 Å². The monoisotopic (exact) mass is 591 g/mol. The smallest absolute Gasteiger partial charge is 0.312 e. The Labute approximate surface area is 232 Å². The number of hydrogen-bond acceptors (Lipinski definition) is 7. The molecule has 1 N–H and O–H groups in total. The van der Waals surface area contributed by atoms with Gasteiger partial charge in [-0.15, -0.1) is 6.58 Å². The first-order valence-electron chi connectivity index (χ1n) is 13.5. The molecule has 0 aromatic heterocycles.